The predicted molar refractivity (Wildman–Crippen MR) is 69.8 cm³/mol. The maximum atomic E-state index is 12.0. The van der Waals surface area contributed by atoms with Crippen molar-refractivity contribution in [3.8, 4) is 5.75 Å². The molecule has 1 atom stereocenters. The van der Waals surface area contributed by atoms with Gasteiger partial charge in [-0.05, 0) is 25.0 Å². The number of carbonyl (C=O) groups excluding carboxylic acids is 1. The predicted octanol–water partition coefficient (Wildman–Crippen LogP) is 3.35. The lowest BCUT2D eigenvalue weighted by Crippen LogP contribution is -2.11. The van der Waals surface area contributed by atoms with Gasteiger partial charge in [0.05, 0.1) is 0 Å². The average molecular weight is 238 g/mol. The van der Waals surface area contributed by atoms with Gasteiger partial charge in [-0.2, -0.15) is 0 Å². The number of fused-ring (bicyclic) bond motifs is 1. The third-order valence-corrected chi connectivity index (χ3v) is 3.40. The first-order valence-corrected chi connectivity index (χ1v) is 6.04. The summed E-state index contributed by atoms with van der Waals surface area (Å²) in [5.41, 5.74) is 4.17. The van der Waals surface area contributed by atoms with Crippen LogP contribution in [0.4, 0.5) is 0 Å². The second kappa shape index (κ2) is 3.98. The molecule has 2 aromatic rings. The fourth-order valence-electron chi connectivity index (χ4n) is 2.40. The molecular formula is C16H14O2. The lowest BCUT2D eigenvalue weighted by Gasteiger charge is -2.08. The SMILES string of the molecule is Cc1ccc(C2C(=O)Oc3c(C)cccc32)cc1. The Morgan fingerprint density at radius 2 is 1.72 bits per heavy atom. The molecule has 2 aromatic carbocycles. The summed E-state index contributed by atoms with van der Waals surface area (Å²) in [6.45, 7) is 4.00. The first-order chi connectivity index (χ1) is 8.66. The van der Waals surface area contributed by atoms with Crippen LogP contribution >= 0.6 is 0 Å². The molecule has 1 unspecified atom stereocenters. The number of benzene rings is 2. The molecule has 0 aliphatic carbocycles. The Labute approximate surface area is 106 Å². The van der Waals surface area contributed by atoms with Crippen LogP contribution < -0.4 is 4.74 Å². The molecule has 0 saturated carbocycles. The highest BCUT2D eigenvalue weighted by Gasteiger charge is 2.35. The molecule has 2 nitrogen and oxygen atoms in total. The number of ether oxygens (including phenoxy) is 1. The molecule has 1 aliphatic rings. The van der Waals surface area contributed by atoms with Crippen molar-refractivity contribution < 1.29 is 9.53 Å². The van der Waals surface area contributed by atoms with Crippen LogP contribution in [0.2, 0.25) is 0 Å². The van der Waals surface area contributed by atoms with Crippen molar-refractivity contribution in [3.63, 3.8) is 0 Å². The Morgan fingerprint density at radius 3 is 2.44 bits per heavy atom. The highest BCUT2D eigenvalue weighted by Crippen LogP contribution is 2.40. The number of para-hydroxylation sites is 1. The van der Waals surface area contributed by atoms with E-state index in [1.165, 1.54) is 5.56 Å². The maximum Gasteiger partial charge on any atom is 0.323 e. The van der Waals surface area contributed by atoms with Crippen molar-refractivity contribution in [1.82, 2.24) is 0 Å². The normalized spacial score (nSPS) is 17.4. The fraction of sp³-hybridized carbons (Fsp3) is 0.188. The molecule has 0 saturated heterocycles. The van der Waals surface area contributed by atoms with Crippen LogP contribution in [-0.4, -0.2) is 5.97 Å². The third-order valence-electron chi connectivity index (χ3n) is 3.40. The van der Waals surface area contributed by atoms with E-state index in [1.807, 2.05) is 56.3 Å². The Hall–Kier alpha value is -2.09. The Morgan fingerprint density at radius 1 is 1.00 bits per heavy atom. The van der Waals surface area contributed by atoms with Crippen molar-refractivity contribution >= 4 is 5.97 Å². The molecule has 0 spiro atoms. The Bertz CT molecular complexity index is 611. The molecule has 0 N–H and O–H groups in total. The van der Waals surface area contributed by atoms with Crippen LogP contribution in [0.3, 0.4) is 0 Å². The molecule has 0 bridgehead atoms. The summed E-state index contributed by atoms with van der Waals surface area (Å²) in [6.07, 6.45) is 0. The highest BCUT2D eigenvalue weighted by atomic mass is 16.5. The molecule has 18 heavy (non-hydrogen) atoms. The van der Waals surface area contributed by atoms with E-state index < -0.39 is 0 Å². The smallest absolute Gasteiger partial charge is 0.323 e. The third kappa shape index (κ3) is 1.61. The molecule has 0 radical (unpaired) electrons. The van der Waals surface area contributed by atoms with Crippen molar-refractivity contribution in [2.24, 2.45) is 0 Å². The zero-order valence-electron chi connectivity index (χ0n) is 10.4. The van der Waals surface area contributed by atoms with Crippen LogP contribution in [0.5, 0.6) is 5.75 Å². The van der Waals surface area contributed by atoms with Crippen molar-refractivity contribution in [2.75, 3.05) is 0 Å². The standard InChI is InChI=1S/C16H14O2/c1-10-6-8-12(9-7-10)14-13-5-3-4-11(2)15(13)18-16(14)17/h3-9,14H,1-2H3. The molecule has 1 aliphatic heterocycles. The molecule has 0 fully saturated rings. The van der Waals surface area contributed by atoms with E-state index in [4.69, 9.17) is 4.74 Å². The van der Waals surface area contributed by atoms with E-state index in [2.05, 4.69) is 0 Å². The van der Waals surface area contributed by atoms with E-state index in [0.29, 0.717) is 0 Å². The van der Waals surface area contributed by atoms with Crippen LogP contribution in [0.15, 0.2) is 42.5 Å². The summed E-state index contributed by atoms with van der Waals surface area (Å²) >= 11 is 0. The number of carbonyl (C=O) groups is 1. The van der Waals surface area contributed by atoms with Gasteiger partial charge in [-0.25, -0.2) is 0 Å². The molecule has 2 heteroatoms. The average Bonchev–Trinajstić information content (AvgIpc) is 2.69. The summed E-state index contributed by atoms with van der Waals surface area (Å²) in [6, 6.07) is 13.9. The van der Waals surface area contributed by atoms with Gasteiger partial charge < -0.3 is 4.74 Å². The van der Waals surface area contributed by atoms with Crippen molar-refractivity contribution in [1.29, 1.82) is 0 Å². The van der Waals surface area contributed by atoms with Crippen LogP contribution in [-0.2, 0) is 4.79 Å². The van der Waals surface area contributed by atoms with Crippen LogP contribution in [0.1, 0.15) is 28.2 Å². The number of hydrogen-bond donors (Lipinski definition) is 0. The quantitative estimate of drug-likeness (QED) is 0.562. The van der Waals surface area contributed by atoms with Gasteiger partial charge in [0, 0.05) is 5.56 Å². The van der Waals surface area contributed by atoms with Gasteiger partial charge in [0.2, 0.25) is 0 Å². The molecule has 0 aromatic heterocycles. The van der Waals surface area contributed by atoms with Gasteiger partial charge in [0.25, 0.3) is 0 Å². The highest BCUT2D eigenvalue weighted by molar-refractivity contribution is 5.90. The monoisotopic (exact) mass is 238 g/mol. The number of aryl methyl sites for hydroxylation is 2. The summed E-state index contributed by atoms with van der Waals surface area (Å²) in [5, 5.41) is 0. The number of esters is 1. The number of rotatable bonds is 1. The lowest BCUT2D eigenvalue weighted by atomic mass is 9.91. The zero-order chi connectivity index (χ0) is 12.7. The summed E-state index contributed by atoms with van der Waals surface area (Å²) in [7, 11) is 0. The summed E-state index contributed by atoms with van der Waals surface area (Å²) < 4.78 is 5.40. The second-order valence-electron chi connectivity index (χ2n) is 4.76. The van der Waals surface area contributed by atoms with E-state index in [9.17, 15) is 4.79 Å². The van der Waals surface area contributed by atoms with Crippen LogP contribution in [0, 0.1) is 13.8 Å². The summed E-state index contributed by atoms with van der Waals surface area (Å²) in [5.74, 6) is 0.275. The minimum atomic E-state index is -0.277. The first kappa shape index (κ1) is 11.0. The van der Waals surface area contributed by atoms with Gasteiger partial charge in [0.15, 0.2) is 0 Å². The fourth-order valence-corrected chi connectivity index (χ4v) is 2.40. The Balaban J connectivity index is 2.12. The Kier molecular flexibility index (Phi) is 2.44. The first-order valence-electron chi connectivity index (χ1n) is 6.04. The van der Waals surface area contributed by atoms with Crippen molar-refractivity contribution in [2.45, 2.75) is 19.8 Å². The molecule has 3 rings (SSSR count). The topological polar surface area (TPSA) is 26.3 Å². The van der Waals surface area contributed by atoms with E-state index in [1.54, 1.807) is 0 Å². The second-order valence-corrected chi connectivity index (χ2v) is 4.76. The van der Waals surface area contributed by atoms with Gasteiger partial charge >= 0.3 is 5.97 Å². The minimum Gasteiger partial charge on any atom is -0.425 e. The molecule has 0 amide bonds. The van der Waals surface area contributed by atoms with Gasteiger partial charge in [-0.1, -0.05) is 48.0 Å². The van der Waals surface area contributed by atoms with Gasteiger partial charge in [0.1, 0.15) is 11.7 Å². The summed E-state index contributed by atoms with van der Waals surface area (Å²) in [4.78, 5) is 12.0. The number of hydrogen-bond acceptors (Lipinski definition) is 2. The van der Waals surface area contributed by atoms with Crippen LogP contribution in [0.25, 0.3) is 0 Å². The zero-order valence-corrected chi connectivity index (χ0v) is 10.4. The van der Waals surface area contributed by atoms with Crippen molar-refractivity contribution in [3.05, 3.63) is 64.7 Å². The largest absolute Gasteiger partial charge is 0.425 e. The van der Waals surface area contributed by atoms with E-state index in [0.717, 1.165) is 22.4 Å². The van der Waals surface area contributed by atoms with Gasteiger partial charge in [-0.3, -0.25) is 4.79 Å². The molecular weight excluding hydrogens is 224 g/mol. The lowest BCUT2D eigenvalue weighted by molar-refractivity contribution is -0.133. The minimum absolute atomic E-state index is 0.178. The van der Waals surface area contributed by atoms with E-state index in [-0.39, 0.29) is 11.9 Å². The van der Waals surface area contributed by atoms with Gasteiger partial charge in [-0.15, -0.1) is 0 Å². The maximum absolute atomic E-state index is 12.0. The molecule has 90 valence electrons. The molecule has 1 heterocycles. The van der Waals surface area contributed by atoms with E-state index >= 15 is 0 Å².